The van der Waals surface area contributed by atoms with Gasteiger partial charge in [0.15, 0.2) is 27.8 Å². The number of carbonyl (C=O) groups excluding carboxylic acids is 1. The molecule has 1 aromatic heterocycles. The number of aromatic nitrogens is 1. The van der Waals surface area contributed by atoms with E-state index in [9.17, 15) is 9.59 Å². The maximum atomic E-state index is 14.0. The van der Waals surface area contributed by atoms with Crippen molar-refractivity contribution in [1.29, 1.82) is 0 Å². The predicted octanol–water partition coefficient (Wildman–Crippen LogP) is 4.38. The number of fused-ring (bicyclic) bond motifs is 1. The summed E-state index contributed by atoms with van der Waals surface area (Å²) < 4.78 is 30.5. The van der Waals surface area contributed by atoms with E-state index in [1.165, 1.54) is 15.9 Å². The van der Waals surface area contributed by atoms with E-state index in [1.54, 1.807) is 46.3 Å². The third-order valence-electron chi connectivity index (χ3n) is 6.15. The highest BCUT2D eigenvalue weighted by Gasteiger charge is 2.34. The minimum atomic E-state index is -0.774. The number of esters is 1. The van der Waals surface area contributed by atoms with Gasteiger partial charge in [-0.2, -0.15) is 0 Å². The summed E-state index contributed by atoms with van der Waals surface area (Å²) in [6, 6.07) is 8.26. The summed E-state index contributed by atoms with van der Waals surface area (Å²) in [6.07, 6.45) is 1.77. The number of methoxy groups -OCH3 is 2. The summed E-state index contributed by atoms with van der Waals surface area (Å²) in [7, 11) is 3.13. The van der Waals surface area contributed by atoms with Gasteiger partial charge in [0.2, 0.25) is 0 Å². The lowest BCUT2D eigenvalue weighted by atomic mass is 9.95. The van der Waals surface area contributed by atoms with Gasteiger partial charge in [0, 0.05) is 0 Å². The molecule has 2 heterocycles. The van der Waals surface area contributed by atoms with Crippen molar-refractivity contribution in [2.24, 2.45) is 4.99 Å². The first-order valence-corrected chi connectivity index (χ1v) is 14.4. The highest BCUT2D eigenvalue weighted by atomic mass is 79.9. The summed E-state index contributed by atoms with van der Waals surface area (Å²) >= 11 is 4.77. The monoisotopic (exact) mass is 630 g/mol. The molecule has 40 heavy (non-hydrogen) atoms. The van der Waals surface area contributed by atoms with Gasteiger partial charge >= 0.3 is 5.97 Å². The first-order valence-electron chi connectivity index (χ1n) is 12.8. The molecule has 0 unspecified atom stereocenters. The van der Waals surface area contributed by atoms with Crippen LogP contribution >= 0.6 is 27.3 Å². The summed E-state index contributed by atoms with van der Waals surface area (Å²) in [4.78, 5) is 32.3. The Morgan fingerprint density at radius 1 is 1.02 bits per heavy atom. The molecule has 0 fully saturated rings. The fourth-order valence-corrected chi connectivity index (χ4v) is 6.19. The SMILES string of the molecule is CCOC(=O)C1=C(C)N=c2s/c(=C\c3cc(Br)c(OC)c(OCC)c3)c(=O)n2[C@@H]1c1ccc(OC)c(OCC)c1. The fraction of sp³-hybridized carbons (Fsp3) is 0.345. The topological polar surface area (TPSA) is 97.6 Å². The molecule has 9 nitrogen and oxygen atoms in total. The average Bonchev–Trinajstić information content (AvgIpc) is 3.22. The second-order valence-corrected chi connectivity index (χ2v) is 10.5. The van der Waals surface area contributed by atoms with Gasteiger partial charge in [-0.25, -0.2) is 9.79 Å². The van der Waals surface area contributed by atoms with Crippen LogP contribution in [0.15, 0.2) is 55.9 Å². The molecule has 1 aliphatic heterocycles. The molecular weight excluding hydrogens is 600 g/mol. The lowest BCUT2D eigenvalue weighted by Crippen LogP contribution is -2.40. The number of thiazole rings is 1. The normalized spacial score (nSPS) is 14.9. The molecule has 1 aliphatic rings. The minimum Gasteiger partial charge on any atom is -0.493 e. The highest BCUT2D eigenvalue weighted by Crippen LogP contribution is 2.38. The maximum Gasteiger partial charge on any atom is 0.338 e. The third-order valence-corrected chi connectivity index (χ3v) is 7.73. The molecule has 0 amide bonds. The largest absolute Gasteiger partial charge is 0.493 e. The van der Waals surface area contributed by atoms with Crippen LogP contribution in [0.4, 0.5) is 0 Å². The predicted molar refractivity (Wildman–Crippen MR) is 156 cm³/mol. The Balaban J connectivity index is 1.95. The summed E-state index contributed by atoms with van der Waals surface area (Å²) in [5.74, 6) is 1.65. The maximum absolute atomic E-state index is 14.0. The van der Waals surface area contributed by atoms with Gasteiger partial charge in [0.25, 0.3) is 5.56 Å². The van der Waals surface area contributed by atoms with E-state index in [0.29, 0.717) is 66.9 Å². The van der Waals surface area contributed by atoms with Crippen molar-refractivity contribution < 1.29 is 28.5 Å². The zero-order valence-electron chi connectivity index (χ0n) is 23.2. The molecule has 2 aromatic carbocycles. The van der Waals surface area contributed by atoms with E-state index in [0.717, 1.165) is 5.56 Å². The second-order valence-electron chi connectivity index (χ2n) is 8.61. The Bertz CT molecular complexity index is 1640. The van der Waals surface area contributed by atoms with Crippen molar-refractivity contribution in [2.75, 3.05) is 34.0 Å². The van der Waals surface area contributed by atoms with Crippen LogP contribution < -0.4 is 33.8 Å². The molecule has 0 spiro atoms. The first-order chi connectivity index (χ1) is 19.3. The number of benzene rings is 2. The molecular formula is C29H31BrN2O7S. The van der Waals surface area contributed by atoms with Crippen LogP contribution in [0.25, 0.3) is 6.08 Å². The number of carbonyl (C=O) groups is 1. The number of ether oxygens (including phenoxy) is 5. The molecule has 0 saturated heterocycles. The van der Waals surface area contributed by atoms with E-state index in [1.807, 2.05) is 32.0 Å². The van der Waals surface area contributed by atoms with Gasteiger partial charge in [0.1, 0.15) is 0 Å². The van der Waals surface area contributed by atoms with Gasteiger partial charge in [-0.05, 0) is 85.1 Å². The number of hydrogen-bond acceptors (Lipinski definition) is 9. The van der Waals surface area contributed by atoms with Crippen molar-refractivity contribution in [3.63, 3.8) is 0 Å². The van der Waals surface area contributed by atoms with E-state index < -0.39 is 12.0 Å². The van der Waals surface area contributed by atoms with Crippen molar-refractivity contribution in [3.05, 3.63) is 76.9 Å². The minimum absolute atomic E-state index is 0.189. The molecule has 212 valence electrons. The molecule has 11 heteroatoms. The Kier molecular flexibility index (Phi) is 9.36. The van der Waals surface area contributed by atoms with Crippen molar-refractivity contribution in [2.45, 2.75) is 33.7 Å². The summed E-state index contributed by atoms with van der Waals surface area (Å²) in [6.45, 7) is 8.31. The Hall–Kier alpha value is -3.57. The number of nitrogens with zero attached hydrogens (tertiary/aromatic N) is 2. The van der Waals surface area contributed by atoms with Crippen LogP contribution in [-0.4, -0.2) is 44.6 Å². The number of hydrogen-bond donors (Lipinski definition) is 0. The molecule has 0 bridgehead atoms. The van der Waals surface area contributed by atoms with Crippen LogP contribution in [0, 0.1) is 0 Å². The van der Waals surface area contributed by atoms with E-state index in [-0.39, 0.29) is 12.2 Å². The van der Waals surface area contributed by atoms with Crippen molar-refractivity contribution >= 4 is 39.3 Å². The van der Waals surface area contributed by atoms with Crippen molar-refractivity contribution in [3.8, 4) is 23.0 Å². The Labute approximate surface area is 244 Å². The first kappa shape index (κ1) is 29.4. The standard InChI is InChI=1S/C29H31BrN2O7S/c1-7-37-21-15-18(10-11-20(21)35-5)25-24(28(34)39-9-3)16(4)31-29-32(25)27(33)23(40-29)14-17-12-19(30)26(36-6)22(13-17)38-8-2/h10-15,25H,7-9H2,1-6H3/b23-14-/t25-/m1/s1. The summed E-state index contributed by atoms with van der Waals surface area (Å²) in [5.41, 5.74) is 1.89. The molecule has 0 N–H and O–H groups in total. The summed E-state index contributed by atoms with van der Waals surface area (Å²) in [5, 5.41) is 0. The zero-order chi connectivity index (χ0) is 29.0. The average molecular weight is 632 g/mol. The van der Waals surface area contributed by atoms with Gasteiger partial charge in [-0.1, -0.05) is 17.4 Å². The van der Waals surface area contributed by atoms with Crippen LogP contribution in [0.3, 0.4) is 0 Å². The number of rotatable bonds is 10. The molecule has 1 atom stereocenters. The number of halogens is 1. The molecule has 0 saturated carbocycles. The lowest BCUT2D eigenvalue weighted by molar-refractivity contribution is -0.139. The third kappa shape index (κ3) is 5.66. The Morgan fingerprint density at radius 2 is 1.75 bits per heavy atom. The molecule has 3 aromatic rings. The zero-order valence-corrected chi connectivity index (χ0v) is 25.6. The smallest absolute Gasteiger partial charge is 0.338 e. The van der Waals surface area contributed by atoms with Crippen LogP contribution in [0.5, 0.6) is 23.0 Å². The quantitative estimate of drug-likeness (QED) is 0.307. The van der Waals surface area contributed by atoms with Gasteiger partial charge in [0.05, 0.1) is 60.4 Å². The van der Waals surface area contributed by atoms with E-state index >= 15 is 0 Å². The van der Waals surface area contributed by atoms with Gasteiger partial charge < -0.3 is 23.7 Å². The molecule has 0 radical (unpaired) electrons. The van der Waals surface area contributed by atoms with Crippen molar-refractivity contribution in [1.82, 2.24) is 4.57 Å². The van der Waals surface area contributed by atoms with Crippen LogP contribution in [0.1, 0.15) is 44.9 Å². The van der Waals surface area contributed by atoms with Crippen LogP contribution in [-0.2, 0) is 9.53 Å². The lowest BCUT2D eigenvalue weighted by Gasteiger charge is -2.25. The van der Waals surface area contributed by atoms with E-state index in [2.05, 4.69) is 20.9 Å². The molecule has 4 rings (SSSR count). The van der Waals surface area contributed by atoms with Gasteiger partial charge in [-0.3, -0.25) is 9.36 Å². The second kappa shape index (κ2) is 12.7. The van der Waals surface area contributed by atoms with Gasteiger partial charge in [-0.15, -0.1) is 0 Å². The Morgan fingerprint density at radius 3 is 2.40 bits per heavy atom. The molecule has 0 aliphatic carbocycles. The highest BCUT2D eigenvalue weighted by molar-refractivity contribution is 9.10. The fourth-order valence-electron chi connectivity index (χ4n) is 4.52. The number of allylic oxidation sites excluding steroid dienone is 1. The van der Waals surface area contributed by atoms with E-state index in [4.69, 9.17) is 23.7 Å². The van der Waals surface area contributed by atoms with Crippen LogP contribution in [0.2, 0.25) is 0 Å².